The van der Waals surface area contributed by atoms with E-state index in [4.69, 9.17) is 4.74 Å². The second kappa shape index (κ2) is 6.23. The van der Waals surface area contributed by atoms with Crippen LogP contribution >= 0.6 is 0 Å². The molecular weight excluding hydrogens is 318 g/mol. The highest BCUT2D eigenvalue weighted by Crippen LogP contribution is 2.38. The summed E-state index contributed by atoms with van der Waals surface area (Å²) < 4.78 is 62.4. The lowest BCUT2D eigenvalue weighted by Gasteiger charge is -2.14. The molecule has 1 aromatic heterocycles. The van der Waals surface area contributed by atoms with Crippen molar-refractivity contribution in [3.8, 4) is 17.0 Å². The van der Waals surface area contributed by atoms with E-state index in [0.717, 1.165) is 25.3 Å². The van der Waals surface area contributed by atoms with Crippen molar-refractivity contribution in [1.82, 2.24) is 4.98 Å². The first-order valence-electron chi connectivity index (χ1n) is 6.27. The highest BCUT2D eigenvalue weighted by molar-refractivity contribution is 5.91. The van der Waals surface area contributed by atoms with Crippen molar-refractivity contribution in [3.05, 3.63) is 47.4 Å². The predicted octanol–water partition coefficient (Wildman–Crippen LogP) is 3.70. The molecule has 0 radical (unpaired) electrons. The van der Waals surface area contributed by atoms with Crippen LogP contribution in [0.5, 0.6) is 5.75 Å². The molecule has 1 heterocycles. The van der Waals surface area contributed by atoms with E-state index in [-0.39, 0.29) is 17.0 Å². The van der Waals surface area contributed by atoms with E-state index in [1.807, 2.05) is 0 Å². The Morgan fingerprint density at radius 3 is 2.43 bits per heavy atom. The van der Waals surface area contributed by atoms with Gasteiger partial charge in [0.15, 0.2) is 5.82 Å². The van der Waals surface area contributed by atoms with E-state index < -0.39 is 29.1 Å². The monoisotopic (exact) mass is 329 g/mol. The van der Waals surface area contributed by atoms with Gasteiger partial charge in [-0.25, -0.2) is 9.18 Å². The summed E-state index contributed by atoms with van der Waals surface area (Å²) in [6.07, 6.45) is -4.00. The number of rotatable bonds is 3. The van der Waals surface area contributed by atoms with E-state index in [1.165, 1.54) is 13.2 Å². The molecule has 0 spiro atoms. The smallest absolute Gasteiger partial charge is 0.417 e. The van der Waals surface area contributed by atoms with Gasteiger partial charge in [0.25, 0.3) is 0 Å². The minimum Gasteiger partial charge on any atom is -0.497 e. The number of halogens is 4. The van der Waals surface area contributed by atoms with Crippen LogP contribution in [-0.4, -0.2) is 25.2 Å². The molecule has 0 aliphatic rings. The van der Waals surface area contributed by atoms with Crippen molar-refractivity contribution < 1.29 is 31.8 Å². The zero-order valence-electron chi connectivity index (χ0n) is 12.1. The van der Waals surface area contributed by atoms with Gasteiger partial charge in [0.05, 0.1) is 37.2 Å². The zero-order valence-corrected chi connectivity index (χ0v) is 12.1. The first-order chi connectivity index (χ1) is 10.8. The average molecular weight is 329 g/mol. The lowest BCUT2D eigenvalue weighted by atomic mass is 10.0. The molecular formula is C15H11F4NO3. The van der Waals surface area contributed by atoms with Gasteiger partial charge in [-0.05, 0) is 24.3 Å². The minimum atomic E-state index is -4.68. The molecule has 23 heavy (non-hydrogen) atoms. The normalized spacial score (nSPS) is 11.2. The van der Waals surface area contributed by atoms with E-state index >= 15 is 0 Å². The topological polar surface area (TPSA) is 48.4 Å². The van der Waals surface area contributed by atoms with Gasteiger partial charge in [-0.3, -0.25) is 4.98 Å². The van der Waals surface area contributed by atoms with Crippen molar-refractivity contribution in [2.75, 3.05) is 14.2 Å². The second-order valence-corrected chi connectivity index (χ2v) is 4.45. The van der Waals surface area contributed by atoms with Gasteiger partial charge in [0.1, 0.15) is 5.75 Å². The quantitative estimate of drug-likeness (QED) is 0.636. The Morgan fingerprint density at radius 1 is 1.17 bits per heavy atom. The minimum absolute atomic E-state index is 0.0105. The van der Waals surface area contributed by atoms with Gasteiger partial charge in [0, 0.05) is 5.56 Å². The fourth-order valence-electron chi connectivity index (χ4n) is 1.96. The first-order valence-corrected chi connectivity index (χ1v) is 6.27. The molecule has 2 aromatic rings. The molecule has 0 N–H and O–H groups in total. The van der Waals surface area contributed by atoms with Crippen LogP contribution in [0, 0.1) is 5.82 Å². The summed E-state index contributed by atoms with van der Waals surface area (Å²) in [5.41, 5.74) is -2.02. The van der Waals surface area contributed by atoms with Crippen molar-refractivity contribution in [2.45, 2.75) is 6.18 Å². The molecule has 0 saturated heterocycles. The summed E-state index contributed by atoms with van der Waals surface area (Å²) >= 11 is 0. The molecule has 2 rings (SSSR count). The van der Waals surface area contributed by atoms with Crippen LogP contribution in [-0.2, 0) is 10.9 Å². The van der Waals surface area contributed by atoms with Gasteiger partial charge in [0.2, 0.25) is 0 Å². The summed E-state index contributed by atoms with van der Waals surface area (Å²) in [4.78, 5) is 15.1. The molecule has 0 unspecified atom stereocenters. The Hall–Kier alpha value is -2.64. The third kappa shape index (κ3) is 3.41. The van der Waals surface area contributed by atoms with Crippen LogP contribution in [0.1, 0.15) is 15.9 Å². The summed E-state index contributed by atoms with van der Waals surface area (Å²) in [7, 11) is 2.27. The molecule has 8 heteroatoms. The van der Waals surface area contributed by atoms with Crippen molar-refractivity contribution in [3.63, 3.8) is 0 Å². The lowest BCUT2D eigenvalue weighted by Crippen LogP contribution is -2.10. The van der Waals surface area contributed by atoms with Gasteiger partial charge in [-0.1, -0.05) is 0 Å². The lowest BCUT2D eigenvalue weighted by molar-refractivity contribution is -0.137. The van der Waals surface area contributed by atoms with Crippen LogP contribution in [0.3, 0.4) is 0 Å². The predicted molar refractivity (Wildman–Crippen MR) is 72.5 cm³/mol. The van der Waals surface area contributed by atoms with E-state index in [1.54, 1.807) is 0 Å². The fraction of sp³-hybridized carbons (Fsp3) is 0.200. The third-order valence-electron chi connectivity index (χ3n) is 3.07. The zero-order chi connectivity index (χ0) is 17.2. The molecule has 0 fully saturated rings. The van der Waals surface area contributed by atoms with Gasteiger partial charge < -0.3 is 9.47 Å². The highest BCUT2D eigenvalue weighted by atomic mass is 19.4. The summed E-state index contributed by atoms with van der Waals surface area (Å²) in [5, 5.41) is 0. The SMILES string of the molecule is COC(=O)c1cc(-c2ccc(OC)cc2C(F)(F)F)ncc1F. The number of alkyl halides is 3. The maximum atomic E-state index is 13.6. The van der Waals surface area contributed by atoms with Crippen LogP contribution in [0.2, 0.25) is 0 Å². The number of hydrogen-bond acceptors (Lipinski definition) is 4. The maximum Gasteiger partial charge on any atom is 0.417 e. The van der Waals surface area contributed by atoms with Crippen LogP contribution in [0.25, 0.3) is 11.3 Å². The Labute approximate surface area is 128 Å². The standard InChI is InChI=1S/C15H11F4NO3/c1-22-8-3-4-9(11(5-8)15(17,18)19)13-6-10(14(21)23-2)12(16)7-20-13/h3-7H,1-2H3. The number of hydrogen-bond donors (Lipinski definition) is 0. The van der Waals surface area contributed by atoms with E-state index in [9.17, 15) is 22.4 Å². The van der Waals surface area contributed by atoms with E-state index in [2.05, 4.69) is 9.72 Å². The van der Waals surface area contributed by atoms with Crippen molar-refractivity contribution in [1.29, 1.82) is 0 Å². The largest absolute Gasteiger partial charge is 0.497 e. The number of carbonyl (C=O) groups is 1. The summed E-state index contributed by atoms with van der Waals surface area (Å²) in [6.45, 7) is 0. The van der Waals surface area contributed by atoms with E-state index in [0.29, 0.717) is 6.20 Å². The third-order valence-corrected chi connectivity index (χ3v) is 3.07. The number of aromatic nitrogens is 1. The molecule has 4 nitrogen and oxygen atoms in total. The second-order valence-electron chi connectivity index (χ2n) is 4.45. The molecule has 0 atom stereocenters. The Bertz CT molecular complexity index is 744. The summed E-state index contributed by atoms with van der Waals surface area (Å²) in [5.74, 6) is -1.98. The maximum absolute atomic E-state index is 13.6. The van der Waals surface area contributed by atoms with Gasteiger partial charge in [-0.2, -0.15) is 13.2 Å². The van der Waals surface area contributed by atoms with Crippen LogP contribution in [0.15, 0.2) is 30.5 Å². The van der Waals surface area contributed by atoms with Gasteiger partial charge >= 0.3 is 12.1 Å². The number of pyridine rings is 1. The van der Waals surface area contributed by atoms with Gasteiger partial charge in [-0.15, -0.1) is 0 Å². The van der Waals surface area contributed by atoms with Crippen LogP contribution in [0.4, 0.5) is 17.6 Å². The first kappa shape index (κ1) is 16.7. The molecule has 0 saturated carbocycles. The number of benzene rings is 1. The molecule has 1 aromatic carbocycles. The Kier molecular flexibility index (Phi) is 4.53. The molecule has 122 valence electrons. The number of esters is 1. The Balaban J connectivity index is 2.65. The van der Waals surface area contributed by atoms with Crippen molar-refractivity contribution >= 4 is 5.97 Å². The highest BCUT2D eigenvalue weighted by Gasteiger charge is 2.34. The summed E-state index contributed by atoms with van der Waals surface area (Å²) in [6, 6.07) is 4.17. The molecule has 0 aliphatic heterocycles. The number of nitrogens with zero attached hydrogens (tertiary/aromatic N) is 1. The molecule has 0 bridgehead atoms. The Morgan fingerprint density at radius 2 is 1.87 bits per heavy atom. The van der Waals surface area contributed by atoms with Crippen molar-refractivity contribution in [2.24, 2.45) is 0 Å². The number of ether oxygens (including phenoxy) is 2. The number of carbonyl (C=O) groups excluding carboxylic acids is 1. The molecule has 0 aliphatic carbocycles. The van der Waals surface area contributed by atoms with Crippen LogP contribution < -0.4 is 4.74 Å². The number of methoxy groups -OCH3 is 2. The molecule has 0 amide bonds. The fourth-order valence-corrected chi connectivity index (χ4v) is 1.96. The average Bonchev–Trinajstić information content (AvgIpc) is 2.53.